The van der Waals surface area contributed by atoms with Crippen LogP contribution in [0.1, 0.15) is 43.7 Å². The predicted molar refractivity (Wildman–Crippen MR) is 129 cm³/mol. The minimum atomic E-state index is -3.55. The highest BCUT2D eigenvalue weighted by Crippen LogP contribution is 2.39. The Labute approximate surface area is 193 Å². The molecule has 3 rings (SSSR count). The zero-order valence-corrected chi connectivity index (χ0v) is 20.2. The molecule has 6 heteroatoms. The standard InChI is InChI=1S/C26H35NO4S/c1-5-7-20(2)26(23-8-6-9-23)32(28,29)27(18-21-10-14-24(30-3)15-11-21)19-22-12-16-25(31-4)17-13-22/h5,10-17,20,23,26H,1,6-9,18-19H2,2-4H3/t20-,26?/m0/s1. The minimum absolute atomic E-state index is 0.0250. The number of allylic oxidation sites excluding steroid dienone is 1. The lowest BCUT2D eigenvalue weighted by molar-refractivity contribution is 0.247. The van der Waals surface area contributed by atoms with Gasteiger partial charge in [0.2, 0.25) is 10.0 Å². The molecule has 0 N–H and O–H groups in total. The highest BCUT2D eigenvalue weighted by Gasteiger charge is 2.43. The summed E-state index contributed by atoms with van der Waals surface area (Å²) in [5.74, 6) is 1.75. The molecule has 1 aliphatic carbocycles. The molecule has 2 atom stereocenters. The maximum atomic E-state index is 14.1. The molecule has 5 nitrogen and oxygen atoms in total. The number of nitrogens with zero attached hydrogens (tertiary/aromatic N) is 1. The van der Waals surface area contributed by atoms with Crippen LogP contribution in [0.25, 0.3) is 0 Å². The van der Waals surface area contributed by atoms with Crippen molar-refractivity contribution in [2.24, 2.45) is 11.8 Å². The second kappa shape index (κ2) is 11.0. The highest BCUT2D eigenvalue weighted by atomic mass is 32.2. The monoisotopic (exact) mass is 457 g/mol. The van der Waals surface area contributed by atoms with Crippen LogP contribution in [0.3, 0.4) is 0 Å². The van der Waals surface area contributed by atoms with E-state index in [0.717, 1.165) is 41.9 Å². The summed E-state index contributed by atoms with van der Waals surface area (Å²) in [6, 6.07) is 15.2. The summed E-state index contributed by atoms with van der Waals surface area (Å²) in [5, 5.41) is -0.397. The van der Waals surface area contributed by atoms with Crippen LogP contribution in [0.2, 0.25) is 0 Å². The number of hydrogen-bond donors (Lipinski definition) is 0. The first kappa shape index (κ1) is 24.3. The van der Waals surface area contributed by atoms with Crippen LogP contribution >= 0.6 is 0 Å². The van der Waals surface area contributed by atoms with Crippen molar-refractivity contribution in [1.82, 2.24) is 4.31 Å². The predicted octanol–water partition coefficient (Wildman–Crippen LogP) is 5.42. The van der Waals surface area contributed by atoms with Gasteiger partial charge in [0, 0.05) is 13.1 Å². The molecule has 0 heterocycles. The fourth-order valence-corrected chi connectivity index (χ4v) is 6.90. The van der Waals surface area contributed by atoms with Gasteiger partial charge in [0.15, 0.2) is 0 Å². The third-order valence-corrected chi connectivity index (χ3v) is 8.97. The van der Waals surface area contributed by atoms with Crippen LogP contribution in [0.15, 0.2) is 61.2 Å². The van der Waals surface area contributed by atoms with E-state index in [9.17, 15) is 8.42 Å². The van der Waals surface area contributed by atoms with E-state index < -0.39 is 15.3 Å². The summed E-state index contributed by atoms with van der Waals surface area (Å²) in [4.78, 5) is 0. The van der Waals surface area contributed by atoms with Crippen LogP contribution in [-0.4, -0.2) is 32.2 Å². The van der Waals surface area contributed by atoms with Gasteiger partial charge in [-0.3, -0.25) is 0 Å². The molecule has 0 spiro atoms. The lowest BCUT2D eigenvalue weighted by Crippen LogP contribution is -2.46. The van der Waals surface area contributed by atoms with Crippen molar-refractivity contribution in [3.8, 4) is 11.5 Å². The fraction of sp³-hybridized carbons (Fsp3) is 0.462. The molecular formula is C26H35NO4S. The highest BCUT2D eigenvalue weighted by molar-refractivity contribution is 7.89. The molecule has 2 aromatic rings. The molecule has 0 radical (unpaired) electrons. The van der Waals surface area contributed by atoms with E-state index in [1.807, 2.05) is 61.5 Å². The Morgan fingerprint density at radius 1 is 0.969 bits per heavy atom. The molecule has 1 unspecified atom stereocenters. The van der Waals surface area contributed by atoms with Gasteiger partial charge in [0.1, 0.15) is 11.5 Å². The van der Waals surface area contributed by atoms with Gasteiger partial charge < -0.3 is 9.47 Å². The summed E-state index contributed by atoms with van der Waals surface area (Å²) in [6.45, 7) is 6.54. The van der Waals surface area contributed by atoms with Crippen molar-refractivity contribution < 1.29 is 17.9 Å². The molecule has 0 aromatic heterocycles. The quantitative estimate of drug-likeness (QED) is 0.400. The number of hydrogen-bond acceptors (Lipinski definition) is 4. The van der Waals surface area contributed by atoms with Gasteiger partial charge in [0.25, 0.3) is 0 Å². The maximum absolute atomic E-state index is 14.1. The van der Waals surface area contributed by atoms with Crippen LogP contribution in [-0.2, 0) is 23.1 Å². The Bertz CT molecular complexity index is 916. The lowest BCUT2D eigenvalue weighted by atomic mass is 9.78. The van der Waals surface area contributed by atoms with Gasteiger partial charge in [-0.2, -0.15) is 4.31 Å². The van der Waals surface area contributed by atoms with Crippen molar-refractivity contribution in [3.63, 3.8) is 0 Å². The first-order chi connectivity index (χ1) is 15.4. The summed E-state index contributed by atoms with van der Waals surface area (Å²) in [6.07, 6.45) is 5.59. The molecule has 1 saturated carbocycles. The Hall–Kier alpha value is -2.31. The molecule has 2 aromatic carbocycles. The normalized spacial score (nSPS) is 16.2. The number of sulfonamides is 1. The second-order valence-electron chi connectivity index (χ2n) is 8.67. The van der Waals surface area contributed by atoms with Crippen LogP contribution < -0.4 is 9.47 Å². The molecule has 174 valence electrons. The SMILES string of the molecule is C=CC[C@H](C)C(C1CCC1)S(=O)(=O)N(Cc1ccc(OC)cc1)Cc1ccc(OC)cc1. The summed E-state index contributed by atoms with van der Waals surface area (Å²) >= 11 is 0. The van der Waals surface area contributed by atoms with Gasteiger partial charge in [0.05, 0.1) is 19.5 Å². The average Bonchev–Trinajstić information content (AvgIpc) is 2.76. The van der Waals surface area contributed by atoms with E-state index in [2.05, 4.69) is 6.58 Å². The van der Waals surface area contributed by atoms with Crippen molar-refractivity contribution in [3.05, 3.63) is 72.3 Å². The smallest absolute Gasteiger partial charge is 0.218 e. The first-order valence-corrected chi connectivity index (χ1v) is 12.7. The Kier molecular flexibility index (Phi) is 8.38. The average molecular weight is 458 g/mol. The summed E-state index contributed by atoms with van der Waals surface area (Å²) in [5.41, 5.74) is 1.87. The molecule has 1 aliphatic rings. The zero-order chi connectivity index (χ0) is 23.1. The van der Waals surface area contributed by atoms with Crippen LogP contribution in [0.4, 0.5) is 0 Å². The van der Waals surface area contributed by atoms with E-state index in [1.165, 1.54) is 0 Å². The minimum Gasteiger partial charge on any atom is -0.497 e. The Balaban J connectivity index is 1.94. The second-order valence-corrected chi connectivity index (χ2v) is 10.8. The fourth-order valence-electron chi connectivity index (χ4n) is 4.44. The van der Waals surface area contributed by atoms with Gasteiger partial charge in [-0.1, -0.05) is 43.7 Å². The van der Waals surface area contributed by atoms with Gasteiger partial charge in [-0.25, -0.2) is 8.42 Å². The molecular weight excluding hydrogens is 422 g/mol. The number of rotatable bonds is 12. The van der Waals surface area contributed by atoms with E-state index in [4.69, 9.17) is 9.47 Å². The topological polar surface area (TPSA) is 55.8 Å². The van der Waals surface area contributed by atoms with E-state index in [1.54, 1.807) is 18.5 Å². The summed E-state index contributed by atoms with van der Waals surface area (Å²) < 4.78 is 40.3. The third kappa shape index (κ3) is 5.73. The van der Waals surface area contributed by atoms with E-state index in [-0.39, 0.29) is 11.8 Å². The molecule has 0 aliphatic heterocycles. The molecule has 32 heavy (non-hydrogen) atoms. The molecule has 1 fully saturated rings. The van der Waals surface area contributed by atoms with E-state index in [0.29, 0.717) is 19.5 Å². The van der Waals surface area contributed by atoms with Crippen LogP contribution in [0.5, 0.6) is 11.5 Å². The number of ether oxygens (including phenoxy) is 2. The summed E-state index contributed by atoms with van der Waals surface area (Å²) in [7, 11) is -0.300. The third-order valence-electron chi connectivity index (χ3n) is 6.45. The largest absolute Gasteiger partial charge is 0.497 e. The molecule has 0 saturated heterocycles. The molecule has 0 bridgehead atoms. The number of methoxy groups -OCH3 is 2. The Morgan fingerprint density at radius 3 is 1.78 bits per heavy atom. The lowest BCUT2D eigenvalue weighted by Gasteiger charge is -2.39. The van der Waals surface area contributed by atoms with Crippen molar-refractivity contribution in [1.29, 1.82) is 0 Å². The van der Waals surface area contributed by atoms with Gasteiger partial charge >= 0.3 is 0 Å². The van der Waals surface area contributed by atoms with Crippen molar-refractivity contribution in [2.45, 2.75) is 50.9 Å². The van der Waals surface area contributed by atoms with Gasteiger partial charge in [-0.05, 0) is 66.5 Å². The first-order valence-electron chi connectivity index (χ1n) is 11.2. The molecule has 0 amide bonds. The van der Waals surface area contributed by atoms with Crippen LogP contribution in [0, 0.1) is 11.8 Å². The van der Waals surface area contributed by atoms with Crippen molar-refractivity contribution >= 4 is 10.0 Å². The maximum Gasteiger partial charge on any atom is 0.218 e. The zero-order valence-electron chi connectivity index (χ0n) is 19.4. The Morgan fingerprint density at radius 2 is 1.44 bits per heavy atom. The van der Waals surface area contributed by atoms with E-state index >= 15 is 0 Å². The van der Waals surface area contributed by atoms with Gasteiger partial charge in [-0.15, -0.1) is 6.58 Å². The number of benzene rings is 2. The van der Waals surface area contributed by atoms with Crippen molar-refractivity contribution in [2.75, 3.05) is 14.2 Å².